The van der Waals surface area contributed by atoms with Crippen molar-refractivity contribution < 1.29 is 29.0 Å². The largest absolute Gasteiger partial charge is 0.476 e. The van der Waals surface area contributed by atoms with Crippen molar-refractivity contribution in [1.29, 1.82) is 0 Å². The third-order valence-corrected chi connectivity index (χ3v) is 4.24. The van der Waals surface area contributed by atoms with E-state index in [0.29, 0.717) is 0 Å². The number of carboxylic acids is 1. The molecule has 20 heavy (non-hydrogen) atoms. The summed E-state index contributed by atoms with van der Waals surface area (Å²) in [5, 5.41) is 8.65. The average Bonchev–Trinajstić information content (AvgIpc) is 2.30. The number of rotatable bonds is 4. The van der Waals surface area contributed by atoms with Crippen LogP contribution in [-0.2, 0) is 23.9 Å². The van der Waals surface area contributed by atoms with Gasteiger partial charge < -0.3 is 9.84 Å². The third-order valence-electron chi connectivity index (χ3n) is 2.93. The van der Waals surface area contributed by atoms with Crippen molar-refractivity contribution in [2.24, 2.45) is 0 Å². The number of thioether (sulfide) groups is 1. The first-order valence-corrected chi connectivity index (χ1v) is 6.90. The van der Waals surface area contributed by atoms with Crippen LogP contribution in [-0.4, -0.2) is 44.3 Å². The number of nitrogens with zero attached hydrogens (tertiary/aromatic N) is 1. The number of ketones is 1. The molecule has 7 nitrogen and oxygen atoms in total. The molecule has 8 heteroatoms. The lowest BCUT2D eigenvalue weighted by Crippen LogP contribution is -2.55. The molecule has 1 saturated heterocycles. The van der Waals surface area contributed by atoms with Gasteiger partial charge in [-0.3, -0.25) is 19.3 Å². The Morgan fingerprint density at radius 3 is 2.60 bits per heavy atom. The Morgan fingerprint density at radius 1 is 1.45 bits per heavy atom. The van der Waals surface area contributed by atoms with Crippen LogP contribution in [0, 0.1) is 0 Å². The standard InChI is InChI=1S/C12H13NO6S/c1-5(14)3-9(16)19-11-6(2)20-8-4-7(15)13(8)10(11)12(17)18/h6,8H,3-4H2,1-2H3,(H,17,18)/t6?,8-/m1/s1. The van der Waals surface area contributed by atoms with Crippen molar-refractivity contribution in [1.82, 2.24) is 4.90 Å². The maximum absolute atomic E-state index is 11.5. The van der Waals surface area contributed by atoms with Gasteiger partial charge in [0.1, 0.15) is 12.2 Å². The van der Waals surface area contributed by atoms with Gasteiger partial charge in [0.2, 0.25) is 5.91 Å². The molecule has 2 rings (SSSR count). The van der Waals surface area contributed by atoms with Gasteiger partial charge in [-0.05, 0) is 13.8 Å². The van der Waals surface area contributed by atoms with E-state index in [1.807, 2.05) is 0 Å². The highest BCUT2D eigenvalue weighted by Crippen LogP contribution is 2.44. The SMILES string of the molecule is CC(=O)CC(=O)OC1=C(C(=O)O)N2C(=O)C[C@H]2SC1C. The quantitative estimate of drug-likeness (QED) is 0.458. The predicted octanol–water partition coefficient (Wildman–Crippen LogP) is 0.499. The van der Waals surface area contributed by atoms with Gasteiger partial charge in [0.05, 0.1) is 17.0 Å². The Bertz CT molecular complexity index is 540. The topological polar surface area (TPSA) is 101 Å². The van der Waals surface area contributed by atoms with E-state index in [1.165, 1.54) is 18.7 Å². The van der Waals surface area contributed by atoms with Crippen molar-refractivity contribution in [3.05, 3.63) is 11.5 Å². The van der Waals surface area contributed by atoms with Gasteiger partial charge in [-0.15, -0.1) is 11.8 Å². The summed E-state index contributed by atoms with van der Waals surface area (Å²) < 4.78 is 5.01. The Balaban J connectivity index is 2.31. The highest BCUT2D eigenvalue weighted by Gasteiger charge is 2.48. The molecular formula is C12H13NO6S. The van der Waals surface area contributed by atoms with E-state index in [9.17, 15) is 24.3 Å². The number of carbonyl (C=O) groups excluding carboxylic acids is 3. The molecule has 0 saturated carbocycles. The Labute approximate surface area is 118 Å². The molecule has 0 aromatic carbocycles. The first kappa shape index (κ1) is 14.6. The minimum Gasteiger partial charge on any atom is -0.476 e. The molecule has 0 spiro atoms. The molecule has 2 aliphatic heterocycles. The molecule has 1 unspecified atom stereocenters. The fourth-order valence-electron chi connectivity index (χ4n) is 2.08. The van der Waals surface area contributed by atoms with E-state index in [0.717, 1.165) is 4.90 Å². The van der Waals surface area contributed by atoms with Crippen LogP contribution in [0.1, 0.15) is 26.7 Å². The second-order valence-corrected chi connectivity index (χ2v) is 6.10. The summed E-state index contributed by atoms with van der Waals surface area (Å²) in [4.78, 5) is 46.4. The molecule has 1 amide bonds. The molecule has 2 heterocycles. The molecule has 2 aliphatic rings. The van der Waals surface area contributed by atoms with Crippen LogP contribution in [0.5, 0.6) is 0 Å². The summed E-state index contributed by atoms with van der Waals surface area (Å²) in [7, 11) is 0. The number of fused-ring (bicyclic) bond motifs is 1. The Morgan fingerprint density at radius 2 is 2.10 bits per heavy atom. The fraction of sp³-hybridized carbons (Fsp3) is 0.500. The van der Waals surface area contributed by atoms with E-state index in [-0.39, 0.29) is 40.2 Å². The zero-order valence-corrected chi connectivity index (χ0v) is 11.7. The monoisotopic (exact) mass is 299 g/mol. The molecule has 0 aromatic rings. The Hall–Kier alpha value is -1.83. The lowest BCUT2D eigenvalue weighted by atomic mass is 10.1. The van der Waals surface area contributed by atoms with Crippen molar-refractivity contribution in [3.63, 3.8) is 0 Å². The van der Waals surface area contributed by atoms with Crippen LogP contribution in [0.4, 0.5) is 0 Å². The highest BCUT2D eigenvalue weighted by molar-refractivity contribution is 8.00. The zero-order valence-electron chi connectivity index (χ0n) is 10.9. The van der Waals surface area contributed by atoms with Crippen molar-refractivity contribution in [2.75, 3.05) is 0 Å². The first-order valence-electron chi connectivity index (χ1n) is 5.96. The van der Waals surface area contributed by atoms with Crippen LogP contribution in [0.2, 0.25) is 0 Å². The van der Waals surface area contributed by atoms with Gasteiger partial charge in [-0.2, -0.15) is 0 Å². The number of carboxylic acid groups (broad SMARTS) is 1. The smallest absolute Gasteiger partial charge is 0.356 e. The van der Waals surface area contributed by atoms with E-state index < -0.39 is 18.4 Å². The number of amides is 1. The molecule has 0 aromatic heterocycles. The minimum absolute atomic E-state index is 0.0713. The van der Waals surface area contributed by atoms with Crippen LogP contribution < -0.4 is 0 Å². The van der Waals surface area contributed by atoms with Crippen molar-refractivity contribution in [2.45, 2.75) is 37.3 Å². The third kappa shape index (κ3) is 2.55. The lowest BCUT2D eigenvalue weighted by molar-refractivity contribution is -0.148. The summed E-state index contributed by atoms with van der Waals surface area (Å²) in [6.45, 7) is 2.94. The van der Waals surface area contributed by atoms with E-state index >= 15 is 0 Å². The van der Waals surface area contributed by atoms with Crippen LogP contribution in [0.3, 0.4) is 0 Å². The second kappa shape index (κ2) is 5.28. The van der Waals surface area contributed by atoms with Gasteiger partial charge in [0.15, 0.2) is 11.5 Å². The van der Waals surface area contributed by atoms with E-state index in [2.05, 4.69) is 0 Å². The molecule has 0 aliphatic carbocycles. The van der Waals surface area contributed by atoms with Gasteiger partial charge >= 0.3 is 11.9 Å². The van der Waals surface area contributed by atoms with Gasteiger partial charge in [0.25, 0.3) is 0 Å². The van der Waals surface area contributed by atoms with Crippen molar-refractivity contribution >= 4 is 35.4 Å². The van der Waals surface area contributed by atoms with Crippen LogP contribution in [0.25, 0.3) is 0 Å². The summed E-state index contributed by atoms with van der Waals surface area (Å²) in [5.41, 5.74) is -0.297. The summed E-state index contributed by atoms with van der Waals surface area (Å²) >= 11 is 1.35. The van der Waals surface area contributed by atoms with E-state index in [4.69, 9.17) is 4.74 Å². The average molecular weight is 299 g/mol. The molecule has 0 radical (unpaired) electrons. The number of hydrogen-bond acceptors (Lipinski definition) is 6. The number of carbonyl (C=O) groups is 4. The summed E-state index contributed by atoms with van der Waals surface area (Å²) in [6, 6.07) is 0. The fourth-order valence-corrected chi connectivity index (χ4v) is 3.41. The maximum Gasteiger partial charge on any atom is 0.356 e. The summed E-state index contributed by atoms with van der Waals surface area (Å²) in [5.74, 6) is -2.89. The van der Waals surface area contributed by atoms with Gasteiger partial charge in [0, 0.05) is 0 Å². The molecular weight excluding hydrogens is 286 g/mol. The lowest BCUT2D eigenvalue weighted by Gasteiger charge is -2.45. The molecule has 108 valence electrons. The molecule has 1 N–H and O–H groups in total. The second-order valence-electron chi connectivity index (χ2n) is 4.57. The number of aliphatic carboxylic acids is 1. The number of hydrogen-bond donors (Lipinski definition) is 1. The number of esters is 1. The number of β-lactam (4-membered cyclic amide) rings is 1. The number of ether oxygens (including phenoxy) is 1. The maximum atomic E-state index is 11.5. The minimum atomic E-state index is -1.32. The van der Waals surface area contributed by atoms with Crippen molar-refractivity contribution in [3.8, 4) is 0 Å². The normalized spacial score (nSPS) is 24.9. The highest BCUT2D eigenvalue weighted by atomic mass is 32.2. The first-order chi connectivity index (χ1) is 9.31. The van der Waals surface area contributed by atoms with Crippen LogP contribution >= 0.6 is 11.8 Å². The molecule has 1 fully saturated rings. The van der Waals surface area contributed by atoms with E-state index in [1.54, 1.807) is 6.92 Å². The molecule has 0 bridgehead atoms. The van der Waals surface area contributed by atoms with Gasteiger partial charge in [-0.1, -0.05) is 0 Å². The van der Waals surface area contributed by atoms with Gasteiger partial charge in [-0.25, -0.2) is 4.79 Å². The Kier molecular flexibility index (Phi) is 3.85. The predicted molar refractivity (Wildman–Crippen MR) is 68.4 cm³/mol. The zero-order chi connectivity index (χ0) is 15.0. The number of Topliss-reactive ketones (excluding diaryl/α,β-unsaturated/α-hetero) is 1. The molecule has 2 atom stereocenters. The van der Waals surface area contributed by atoms with Crippen LogP contribution in [0.15, 0.2) is 11.5 Å². The summed E-state index contributed by atoms with van der Waals surface area (Å²) in [6.07, 6.45) is -0.147.